The van der Waals surface area contributed by atoms with E-state index in [1.54, 1.807) is 20.3 Å². The molecule has 1 amide bonds. The van der Waals surface area contributed by atoms with Gasteiger partial charge in [0, 0.05) is 23.9 Å². The molecule has 1 fully saturated rings. The summed E-state index contributed by atoms with van der Waals surface area (Å²) >= 11 is 5.75. The van der Waals surface area contributed by atoms with Crippen LogP contribution in [0.3, 0.4) is 0 Å². The third-order valence-electron chi connectivity index (χ3n) is 4.89. The number of nitrogens with one attached hydrogen (secondary N) is 2. The zero-order valence-corrected chi connectivity index (χ0v) is 16.1. The van der Waals surface area contributed by atoms with Crippen LogP contribution in [0, 0.1) is 5.82 Å². The number of hydrogen-bond acceptors (Lipinski definition) is 3. The maximum absolute atomic E-state index is 13.9. The second-order valence-corrected chi connectivity index (χ2v) is 7.00. The number of quaternary nitrogens is 1. The summed E-state index contributed by atoms with van der Waals surface area (Å²) in [5.74, 6) is 0.709. The maximum atomic E-state index is 13.9. The van der Waals surface area contributed by atoms with E-state index in [0.29, 0.717) is 5.02 Å². The number of ether oxygens (including phenoxy) is 2. The Morgan fingerprint density at radius 1 is 1.26 bits per heavy atom. The minimum absolute atomic E-state index is 0.140. The lowest BCUT2D eigenvalue weighted by Crippen LogP contribution is -3.11. The molecule has 0 saturated carbocycles. The third-order valence-corrected chi connectivity index (χ3v) is 5.13. The number of likely N-dealkylation sites (tertiary alicyclic amines) is 1. The number of anilines is 1. The number of carbonyl (C=O) groups excluding carboxylic acids is 1. The van der Waals surface area contributed by atoms with Crippen LogP contribution in [0.2, 0.25) is 5.02 Å². The molecule has 0 spiro atoms. The van der Waals surface area contributed by atoms with Crippen molar-refractivity contribution in [3.05, 3.63) is 52.8 Å². The van der Waals surface area contributed by atoms with Crippen LogP contribution in [0.25, 0.3) is 0 Å². The van der Waals surface area contributed by atoms with Gasteiger partial charge in [0.15, 0.2) is 6.54 Å². The maximum Gasteiger partial charge on any atom is 0.279 e. The first-order valence-electron chi connectivity index (χ1n) is 8.83. The Bertz CT molecular complexity index is 831. The van der Waals surface area contributed by atoms with Gasteiger partial charge < -0.3 is 19.7 Å². The summed E-state index contributed by atoms with van der Waals surface area (Å²) in [6.45, 7) is 1.12. The van der Waals surface area contributed by atoms with Crippen molar-refractivity contribution in [1.29, 1.82) is 0 Å². The van der Waals surface area contributed by atoms with E-state index in [4.69, 9.17) is 21.1 Å². The molecule has 1 aliphatic heterocycles. The summed E-state index contributed by atoms with van der Waals surface area (Å²) in [5.41, 5.74) is 1.19. The molecule has 2 atom stereocenters. The van der Waals surface area contributed by atoms with Gasteiger partial charge in [-0.15, -0.1) is 0 Å². The van der Waals surface area contributed by atoms with Gasteiger partial charge in [-0.2, -0.15) is 0 Å². The fraction of sp³-hybridized carbons (Fsp3) is 0.350. The molecule has 2 N–H and O–H groups in total. The first-order chi connectivity index (χ1) is 13.0. The van der Waals surface area contributed by atoms with Crippen molar-refractivity contribution in [3.63, 3.8) is 0 Å². The van der Waals surface area contributed by atoms with E-state index in [9.17, 15) is 9.18 Å². The lowest BCUT2D eigenvalue weighted by Gasteiger charge is -2.23. The second-order valence-electron chi connectivity index (χ2n) is 6.56. The summed E-state index contributed by atoms with van der Waals surface area (Å²) in [5, 5.41) is 2.93. The Balaban J connectivity index is 1.72. The van der Waals surface area contributed by atoms with E-state index in [-0.39, 0.29) is 24.2 Å². The minimum Gasteiger partial charge on any atom is -0.497 e. The third kappa shape index (κ3) is 4.51. The zero-order chi connectivity index (χ0) is 19.4. The zero-order valence-electron chi connectivity index (χ0n) is 15.4. The lowest BCUT2D eigenvalue weighted by atomic mass is 10.0. The number of amides is 1. The molecule has 0 radical (unpaired) electrons. The highest BCUT2D eigenvalue weighted by Gasteiger charge is 2.33. The van der Waals surface area contributed by atoms with Crippen molar-refractivity contribution in [1.82, 2.24) is 0 Å². The van der Waals surface area contributed by atoms with Crippen LogP contribution in [0.4, 0.5) is 10.1 Å². The molecule has 144 valence electrons. The predicted molar refractivity (Wildman–Crippen MR) is 102 cm³/mol. The van der Waals surface area contributed by atoms with Gasteiger partial charge in [0.2, 0.25) is 0 Å². The predicted octanol–water partition coefficient (Wildman–Crippen LogP) is 2.85. The van der Waals surface area contributed by atoms with Crippen molar-refractivity contribution in [2.75, 3.05) is 32.6 Å². The van der Waals surface area contributed by atoms with Crippen molar-refractivity contribution in [2.24, 2.45) is 0 Å². The Morgan fingerprint density at radius 2 is 2.07 bits per heavy atom. The Hall–Kier alpha value is -2.31. The molecular weight excluding hydrogens is 371 g/mol. The first-order valence-corrected chi connectivity index (χ1v) is 9.21. The molecule has 0 aliphatic carbocycles. The number of halogens is 2. The van der Waals surface area contributed by atoms with Crippen LogP contribution in [0.1, 0.15) is 24.4 Å². The van der Waals surface area contributed by atoms with E-state index in [1.165, 1.54) is 12.1 Å². The highest BCUT2D eigenvalue weighted by atomic mass is 35.5. The average Bonchev–Trinajstić information content (AvgIpc) is 3.11. The average molecular weight is 394 g/mol. The molecular formula is C20H23ClFN2O3+. The monoisotopic (exact) mass is 393 g/mol. The first kappa shape index (κ1) is 19.5. The van der Waals surface area contributed by atoms with Gasteiger partial charge >= 0.3 is 0 Å². The van der Waals surface area contributed by atoms with E-state index in [1.807, 2.05) is 18.2 Å². The molecule has 1 heterocycles. The standard InChI is InChI=1S/C20H22ClFN2O3/c1-26-14-6-7-15(19(11-14)27-2)18-4-3-9-24(18)12-20(25)23-17-8-5-13(21)10-16(17)22/h5-8,10-11,18H,3-4,9,12H2,1-2H3,(H,23,25)/p+1/t18-/m0/s1. The van der Waals surface area contributed by atoms with Gasteiger partial charge in [-0.05, 0) is 30.3 Å². The number of carbonyl (C=O) groups is 1. The highest BCUT2D eigenvalue weighted by Crippen LogP contribution is 2.31. The SMILES string of the molecule is COc1ccc([C@@H]2CCC[NH+]2CC(=O)Nc2ccc(Cl)cc2F)c(OC)c1. The normalized spacial score (nSPS) is 19.0. The number of methoxy groups -OCH3 is 2. The molecule has 1 saturated heterocycles. The Labute approximate surface area is 163 Å². The fourth-order valence-corrected chi connectivity index (χ4v) is 3.76. The summed E-state index contributed by atoms with van der Waals surface area (Å²) in [7, 11) is 3.24. The molecule has 5 nitrogen and oxygen atoms in total. The van der Waals surface area contributed by atoms with E-state index in [2.05, 4.69) is 5.32 Å². The smallest absolute Gasteiger partial charge is 0.279 e. The van der Waals surface area contributed by atoms with E-state index < -0.39 is 5.82 Å². The molecule has 7 heteroatoms. The van der Waals surface area contributed by atoms with Crippen molar-refractivity contribution >= 4 is 23.2 Å². The van der Waals surface area contributed by atoms with Crippen LogP contribution in [0.5, 0.6) is 11.5 Å². The number of rotatable bonds is 6. The van der Waals surface area contributed by atoms with E-state index >= 15 is 0 Å². The van der Waals surface area contributed by atoms with Gasteiger partial charge in [0.05, 0.1) is 32.0 Å². The van der Waals surface area contributed by atoms with Crippen LogP contribution >= 0.6 is 11.6 Å². The number of hydrogen-bond donors (Lipinski definition) is 2. The molecule has 2 aromatic carbocycles. The van der Waals surface area contributed by atoms with Crippen LogP contribution in [0.15, 0.2) is 36.4 Å². The summed E-state index contributed by atoms with van der Waals surface area (Å²) in [6.07, 6.45) is 1.97. The van der Waals surface area contributed by atoms with Crippen molar-refractivity contribution < 1.29 is 23.6 Å². The molecule has 3 rings (SSSR count). The quantitative estimate of drug-likeness (QED) is 0.793. The molecule has 27 heavy (non-hydrogen) atoms. The summed E-state index contributed by atoms with van der Waals surface area (Å²) < 4.78 is 24.7. The molecule has 0 aromatic heterocycles. The molecule has 0 bridgehead atoms. The van der Waals surface area contributed by atoms with Gasteiger partial charge in [-0.3, -0.25) is 4.79 Å². The lowest BCUT2D eigenvalue weighted by molar-refractivity contribution is -0.910. The van der Waals surface area contributed by atoms with Crippen molar-refractivity contribution in [3.8, 4) is 11.5 Å². The minimum atomic E-state index is -0.541. The van der Waals surface area contributed by atoms with E-state index in [0.717, 1.165) is 41.3 Å². The highest BCUT2D eigenvalue weighted by molar-refractivity contribution is 6.30. The van der Waals surface area contributed by atoms with Crippen LogP contribution in [-0.4, -0.2) is 33.2 Å². The Kier molecular flexibility index (Phi) is 6.19. The fourth-order valence-electron chi connectivity index (χ4n) is 3.60. The molecule has 1 unspecified atom stereocenters. The second kappa shape index (κ2) is 8.59. The van der Waals surface area contributed by atoms with Crippen LogP contribution < -0.4 is 19.7 Å². The summed E-state index contributed by atoms with van der Waals surface area (Å²) in [4.78, 5) is 13.6. The van der Waals surface area contributed by atoms with Gasteiger partial charge in [0.25, 0.3) is 5.91 Å². The topological polar surface area (TPSA) is 52.0 Å². The molecule has 1 aliphatic rings. The largest absolute Gasteiger partial charge is 0.497 e. The van der Waals surface area contributed by atoms with Crippen LogP contribution in [-0.2, 0) is 4.79 Å². The summed E-state index contributed by atoms with van der Waals surface area (Å²) in [6, 6.07) is 10.1. The number of benzene rings is 2. The molecule has 2 aromatic rings. The van der Waals surface area contributed by atoms with Gasteiger partial charge in [-0.25, -0.2) is 4.39 Å². The van der Waals surface area contributed by atoms with Gasteiger partial charge in [0.1, 0.15) is 23.4 Å². The van der Waals surface area contributed by atoms with Crippen molar-refractivity contribution in [2.45, 2.75) is 18.9 Å². The Morgan fingerprint density at radius 3 is 2.78 bits per heavy atom. The van der Waals surface area contributed by atoms with Gasteiger partial charge in [-0.1, -0.05) is 11.6 Å².